The molecule has 2 saturated carbocycles. The Labute approximate surface area is 151 Å². The average Bonchev–Trinajstić information content (AvgIpc) is 3.31. The van der Waals surface area contributed by atoms with Crippen molar-refractivity contribution in [2.75, 3.05) is 13.1 Å². The summed E-state index contributed by atoms with van der Waals surface area (Å²) in [6.45, 7) is 0.952. The molecular weight excluding hydrogens is 334 g/mol. The summed E-state index contributed by atoms with van der Waals surface area (Å²) in [6.07, 6.45) is 4.02. The fraction of sp³-hybridized carbons (Fsp3) is 0.556. The zero-order valence-corrected chi connectivity index (χ0v) is 14.8. The molecule has 2 fully saturated rings. The molecule has 2 aliphatic rings. The number of aryl methyl sites for hydroxylation is 1. The molecule has 0 atom stereocenters. The third-order valence-corrected chi connectivity index (χ3v) is 5.37. The summed E-state index contributed by atoms with van der Waals surface area (Å²) >= 11 is 0. The molecule has 138 valence electrons. The number of nitrogens with one attached hydrogen (secondary N) is 1. The Bertz CT molecular complexity index is 838. The van der Waals surface area contributed by atoms with Crippen molar-refractivity contribution >= 4 is 22.9 Å². The molecule has 0 bridgehead atoms. The van der Waals surface area contributed by atoms with Gasteiger partial charge in [-0.1, -0.05) is 5.21 Å². The van der Waals surface area contributed by atoms with Gasteiger partial charge in [0.2, 0.25) is 0 Å². The van der Waals surface area contributed by atoms with Crippen molar-refractivity contribution < 1.29 is 14.7 Å². The predicted molar refractivity (Wildman–Crippen MR) is 94.7 cm³/mol. The Kier molecular flexibility index (Phi) is 4.36. The van der Waals surface area contributed by atoms with E-state index in [1.165, 1.54) is 12.8 Å². The van der Waals surface area contributed by atoms with Crippen LogP contribution in [0.4, 0.5) is 0 Å². The minimum Gasteiger partial charge on any atom is -0.480 e. The van der Waals surface area contributed by atoms with Crippen molar-refractivity contribution in [3.63, 3.8) is 0 Å². The van der Waals surface area contributed by atoms with Crippen molar-refractivity contribution in [3.8, 4) is 0 Å². The standard InChI is InChI=1S/C18H23N5O3/c1-22-16-6-12(4-5-15(16)20-21-22)18(26)19-13-7-14(8-13)23(10-17(24)25)9-11-2-3-11/h4-6,11,13-14H,2-3,7-10H2,1H3,(H,19,26)(H,24,25). The summed E-state index contributed by atoms with van der Waals surface area (Å²) < 4.78 is 1.65. The number of rotatable bonds is 7. The number of amides is 1. The number of aromatic nitrogens is 3. The van der Waals surface area contributed by atoms with Crippen LogP contribution in [0.5, 0.6) is 0 Å². The summed E-state index contributed by atoms with van der Waals surface area (Å²) in [4.78, 5) is 25.7. The Morgan fingerprint density at radius 3 is 2.81 bits per heavy atom. The highest BCUT2D eigenvalue weighted by Crippen LogP contribution is 2.33. The van der Waals surface area contributed by atoms with E-state index in [-0.39, 0.29) is 24.5 Å². The van der Waals surface area contributed by atoms with Crippen LogP contribution < -0.4 is 5.32 Å². The molecule has 0 radical (unpaired) electrons. The molecule has 2 aromatic rings. The first-order valence-corrected chi connectivity index (χ1v) is 9.05. The van der Waals surface area contributed by atoms with E-state index < -0.39 is 5.97 Å². The lowest BCUT2D eigenvalue weighted by Crippen LogP contribution is -2.55. The van der Waals surface area contributed by atoms with E-state index in [4.69, 9.17) is 5.11 Å². The van der Waals surface area contributed by atoms with Gasteiger partial charge >= 0.3 is 5.97 Å². The highest BCUT2D eigenvalue weighted by atomic mass is 16.4. The smallest absolute Gasteiger partial charge is 0.317 e. The Balaban J connectivity index is 1.34. The Morgan fingerprint density at radius 2 is 2.12 bits per heavy atom. The topological polar surface area (TPSA) is 100 Å². The number of carboxylic acids is 1. The van der Waals surface area contributed by atoms with Crippen molar-refractivity contribution in [1.29, 1.82) is 0 Å². The highest BCUT2D eigenvalue weighted by Gasteiger charge is 2.37. The second-order valence-electron chi connectivity index (χ2n) is 7.48. The van der Waals surface area contributed by atoms with Crippen LogP contribution in [0, 0.1) is 5.92 Å². The third kappa shape index (κ3) is 3.55. The van der Waals surface area contributed by atoms with E-state index in [1.807, 2.05) is 0 Å². The molecule has 0 unspecified atom stereocenters. The minimum atomic E-state index is -0.781. The van der Waals surface area contributed by atoms with E-state index in [9.17, 15) is 9.59 Å². The molecule has 1 aromatic heterocycles. The van der Waals surface area contributed by atoms with Gasteiger partial charge in [-0.15, -0.1) is 5.10 Å². The molecule has 4 rings (SSSR count). The second-order valence-corrected chi connectivity index (χ2v) is 7.48. The summed E-state index contributed by atoms with van der Waals surface area (Å²) in [5, 5.41) is 20.1. The maximum absolute atomic E-state index is 12.5. The first kappa shape index (κ1) is 17.0. The van der Waals surface area contributed by atoms with Gasteiger partial charge in [0.1, 0.15) is 5.52 Å². The SMILES string of the molecule is Cn1nnc2ccc(C(=O)NC3CC(N(CC(=O)O)CC4CC4)C3)cc21. The fourth-order valence-corrected chi connectivity index (χ4v) is 3.59. The van der Waals surface area contributed by atoms with Crippen LogP contribution in [0.1, 0.15) is 36.0 Å². The van der Waals surface area contributed by atoms with Gasteiger partial charge in [0.05, 0.1) is 12.1 Å². The maximum Gasteiger partial charge on any atom is 0.317 e. The Morgan fingerprint density at radius 1 is 1.35 bits per heavy atom. The van der Waals surface area contributed by atoms with Crippen LogP contribution in [0.25, 0.3) is 11.0 Å². The van der Waals surface area contributed by atoms with Gasteiger partial charge in [-0.25, -0.2) is 4.68 Å². The quantitative estimate of drug-likeness (QED) is 0.768. The van der Waals surface area contributed by atoms with Crippen LogP contribution in [0.2, 0.25) is 0 Å². The number of nitrogens with zero attached hydrogens (tertiary/aromatic N) is 4. The zero-order chi connectivity index (χ0) is 18.3. The summed E-state index contributed by atoms with van der Waals surface area (Å²) in [6, 6.07) is 5.70. The molecule has 2 N–H and O–H groups in total. The van der Waals surface area contributed by atoms with Gasteiger partial charge in [0.25, 0.3) is 5.91 Å². The molecule has 0 aliphatic heterocycles. The largest absolute Gasteiger partial charge is 0.480 e. The molecule has 1 amide bonds. The number of fused-ring (bicyclic) bond motifs is 1. The van der Waals surface area contributed by atoms with Crippen LogP contribution in [-0.4, -0.2) is 62.0 Å². The number of carboxylic acid groups (broad SMARTS) is 1. The Hall–Kier alpha value is -2.48. The van der Waals surface area contributed by atoms with Gasteiger partial charge in [-0.2, -0.15) is 0 Å². The van der Waals surface area contributed by atoms with Gasteiger partial charge in [0.15, 0.2) is 0 Å². The first-order valence-electron chi connectivity index (χ1n) is 9.05. The normalized spacial score (nSPS) is 22.4. The number of hydrogen-bond donors (Lipinski definition) is 2. The number of carbonyl (C=O) groups excluding carboxylic acids is 1. The van der Waals surface area contributed by atoms with E-state index >= 15 is 0 Å². The number of aliphatic carboxylic acids is 1. The molecule has 8 nitrogen and oxygen atoms in total. The van der Waals surface area contributed by atoms with Crippen LogP contribution in [0.15, 0.2) is 18.2 Å². The first-order chi connectivity index (χ1) is 12.5. The van der Waals surface area contributed by atoms with Gasteiger partial charge in [0, 0.05) is 31.2 Å². The lowest BCUT2D eigenvalue weighted by molar-refractivity contribution is -0.139. The molecular formula is C18H23N5O3. The van der Waals surface area contributed by atoms with Crippen LogP contribution in [-0.2, 0) is 11.8 Å². The molecule has 0 spiro atoms. The van der Waals surface area contributed by atoms with Gasteiger partial charge in [-0.05, 0) is 49.8 Å². The van der Waals surface area contributed by atoms with Gasteiger partial charge < -0.3 is 10.4 Å². The molecule has 0 saturated heterocycles. The molecule has 1 heterocycles. The third-order valence-electron chi connectivity index (χ3n) is 5.37. The second kappa shape index (κ2) is 6.68. The van der Waals surface area contributed by atoms with Gasteiger partial charge in [-0.3, -0.25) is 14.5 Å². The molecule has 8 heteroatoms. The summed E-state index contributed by atoms with van der Waals surface area (Å²) in [5.74, 6) is -0.234. The highest BCUT2D eigenvalue weighted by molar-refractivity contribution is 5.97. The number of carbonyl (C=O) groups is 2. The van der Waals surface area contributed by atoms with Crippen molar-refractivity contribution in [1.82, 2.24) is 25.2 Å². The van der Waals surface area contributed by atoms with Crippen molar-refractivity contribution in [2.24, 2.45) is 13.0 Å². The molecule has 1 aromatic carbocycles. The average molecular weight is 357 g/mol. The number of benzene rings is 1. The number of hydrogen-bond acceptors (Lipinski definition) is 5. The summed E-state index contributed by atoms with van der Waals surface area (Å²) in [7, 11) is 1.80. The molecule has 2 aliphatic carbocycles. The van der Waals surface area contributed by atoms with Crippen molar-refractivity contribution in [2.45, 2.75) is 37.8 Å². The van der Waals surface area contributed by atoms with E-state index in [0.717, 1.165) is 30.4 Å². The van der Waals surface area contributed by atoms with E-state index in [0.29, 0.717) is 11.5 Å². The van der Waals surface area contributed by atoms with Crippen LogP contribution >= 0.6 is 0 Å². The fourth-order valence-electron chi connectivity index (χ4n) is 3.59. The zero-order valence-electron chi connectivity index (χ0n) is 14.8. The van der Waals surface area contributed by atoms with Crippen LogP contribution in [0.3, 0.4) is 0 Å². The van der Waals surface area contributed by atoms with E-state index in [1.54, 1.807) is 29.9 Å². The lowest BCUT2D eigenvalue weighted by atomic mass is 9.85. The summed E-state index contributed by atoms with van der Waals surface area (Å²) in [5.41, 5.74) is 2.17. The van der Waals surface area contributed by atoms with E-state index in [2.05, 4.69) is 20.5 Å². The monoisotopic (exact) mass is 357 g/mol. The van der Waals surface area contributed by atoms with Crippen molar-refractivity contribution in [3.05, 3.63) is 23.8 Å². The maximum atomic E-state index is 12.5. The predicted octanol–water partition coefficient (Wildman–Crippen LogP) is 1.03. The minimum absolute atomic E-state index is 0.0893. The lowest BCUT2D eigenvalue weighted by Gasteiger charge is -2.42. The molecule has 26 heavy (non-hydrogen) atoms.